The maximum atomic E-state index is 12.7. The number of methoxy groups -OCH3 is 1. The fraction of sp³-hybridized carbons (Fsp3) is 0.300. The third-order valence-corrected chi connectivity index (χ3v) is 5.94. The van der Waals surface area contributed by atoms with Crippen molar-refractivity contribution >= 4 is 33.5 Å². The van der Waals surface area contributed by atoms with Gasteiger partial charge in [0.15, 0.2) is 5.69 Å². The number of rotatable bonds is 5. The lowest BCUT2D eigenvalue weighted by atomic mass is 10.1. The number of carbonyl (C=O) groups is 2. The first-order valence-electron chi connectivity index (χ1n) is 8.94. The predicted molar refractivity (Wildman–Crippen MR) is 112 cm³/mol. The number of hydrogen-bond acceptors (Lipinski definition) is 5. The average molecular weight is 460 g/mol. The van der Waals surface area contributed by atoms with Gasteiger partial charge in [0.1, 0.15) is 0 Å². The number of amides is 1. The van der Waals surface area contributed by atoms with E-state index in [0.29, 0.717) is 23.5 Å². The molecule has 0 saturated heterocycles. The highest BCUT2D eigenvalue weighted by atomic mass is 79.9. The zero-order valence-electron chi connectivity index (χ0n) is 16.9. The van der Waals surface area contributed by atoms with E-state index in [2.05, 4.69) is 31.4 Å². The second-order valence-corrected chi connectivity index (χ2v) is 7.51. The summed E-state index contributed by atoms with van der Waals surface area (Å²) in [6.45, 7) is 6.32. The highest BCUT2D eigenvalue weighted by Gasteiger charge is 2.22. The molecule has 9 heteroatoms. The van der Waals surface area contributed by atoms with Crippen LogP contribution in [-0.2, 0) is 18.3 Å². The number of nitrogens with zero attached hydrogens (tertiary/aromatic N) is 4. The van der Waals surface area contributed by atoms with Gasteiger partial charge in [0.25, 0.3) is 5.91 Å². The Hall–Kier alpha value is -2.94. The van der Waals surface area contributed by atoms with Gasteiger partial charge in [0, 0.05) is 12.6 Å². The number of benzene rings is 1. The molecule has 0 radical (unpaired) electrons. The highest BCUT2D eigenvalue weighted by Crippen LogP contribution is 2.22. The van der Waals surface area contributed by atoms with E-state index in [1.54, 1.807) is 26.1 Å². The van der Waals surface area contributed by atoms with Gasteiger partial charge in [-0.2, -0.15) is 10.2 Å². The summed E-state index contributed by atoms with van der Waals surface area (Å²) in [5.74, 6) is -0.929. The van der Waals surface area contributed by atoms with Crippen LogP contribution in [0.3, 0.4) is 0 Å². The first kappa shape index (κ1) is 20.8. The molecule has 0 spiro atoms. The Morgan fingerprint density at radius 2 is 1.76 bits per heavy atom. The van der Waals surface area contributed by atoms with E-state index in [1.807, 2.05) is 30.7 Å². The summed E-state index contributed by atoms with van der Waals surface area (Å²) >= 11 is 3.53. The van der Waals surface area contributed by atoms with Crippen molar-refractivity contribution < 1.29 is 14.3 Å². The van der Waals surface area contributed by atoms with Gasteiger partial charge in [0.2, 0.25) is 0 Å². The fourth-order valence-corrected chi connectivity index (χ4v) is 3.23. The zero-order chi connectivity index (χ0) is 21.3. The Morgan fingerprint density at radius 3 is 2.31 bits per heavy atom. The maximum Gasteiger partial charge on any atom is 0.360 e. The van der Waals surface area contributed by atoms with Crippen LogP contribution in [0, 0.1) is 20.8 Å². The number of halogens is 1. The van der Waals surface area contributed by atoms with E-state index >= 15 is 0 Å². The summed E-state index contributed by atoms with van der Waals surface area (Å²) in [4.78, 5) is 24.6. The predicted octanol–water partition coefficient (Wildman–Crippen LogP) is 3.39. The van der Waals surface area contributed by atoms with Crippen LogP contribution in [0.5, 0.6) is 0 Å². The number of ether oxygens (including phenoxy) is 1. The van der Waals surface area contributed by atoms with Crippen molar-refractivity contribution in [3.8, 4) is 0 Å². The summed E-state index contributed by atoms with van der Waals surface area (Å²) in [6.07, 6.45) is 0. The highest BCUT2D eigenvalue weighted by molar-refractivity contribution is 9.10. The van der Waals surface area contributed by atoms with Gasteiger partial charge in [-0.25, -0.2) is 4.79 Å². The van der Waals surface area contributed by atoms with Crippen LogP contribution < -0.4 is 5.32 Å². The fourth-order valence-electron chi connectivity index (χ4n) is 2.95. The van der Waals surface area contributed by atoms with Crippen LogP contribution >= 0.6 is 15.9 Å². The van der Waals surface area contributed by atoms with E-state index in [0.717, 1.165) is 21.4 Å². The first-order valence-corrected chi connectivity index (χ1v) is 9.74. The van der Waals surface area contributed by atoms with Crippen LogP contribution in [0.2, 0.25) is 0 Å². The standard InChI is InChI=1S/C20H22BrN5O3/c1-11-16(21)12(2)26(23-11)10-14-6-8-15(9-7-14)19(27)22-17-13(3)25(4)24-18(17)20(28)29-5/h6-9H,10H2,1-5H3,(H,22,27). The van der Waals surface area contributed by atoms with Crippen LogP contribution in [0.15, 0.2) is 28.7 Å². The molecular formula is C20H22BrN5O3. The van der Waals surface area contributed by atoms with Gasteiger partial charge in [0.05, 0.1) is 40.9 Å². The lowest BCUT2D eigenvalue weighted by Gasteiger charge is -2.08. The molecule has 1 amide bonds. The minimum atomic E-state index is -0.601. The number of nitrogens with one attached hydrogen (secondary N) is 1. The Labute approximate surface area is 177 Å². The molecule has 0 bridgehead atoms. The summed E-state index contributed by atoms with van der Waals surface area (Å²) in [7, 11) is 2.97. The molecular weight excluding hydrogens is 438 g/mol. The van der Waals surface area contributed by atoms with Crippen molar-refractivity contribution in [1.82, 2.24) is 19.6 Å². The number of aryl methyl sites for hydroxylation is 2. The molecule has 2 aromatic heterocycles. The van der Waals surface area contributed by atoms with Gasteiger partial charge in [-0.1, -0.05) is 12.1 Å². The SMILES string of the molecule is COC(=O)c1nn(C)c(C)c1NC(=O)c1ccc(Cn2nc(C)c(Br)c2C)cc1. The largest absolute Gasteiger partial charge is 0.464 e. The molecule has 0 fully saturated rings. The maximum absolute atomic E-state index is 12.7. The minimum Gasteiger partial charge on any atom is -0.464 e. The lowest BCUT2D eigenvalue weighted by molar-refractivity contribution is 0.0594. The molecule has 29 heavy (non-hydrogen) atoms. The molecule has 152 valence electrons. The molecule has 0 aliphatic rings. The molecule has 0 unspecified atom stereocenters. The smallest absolute Gasteiger partial charge is 0.360 e. The third kappa shape index (κ3) is 4.09. The van der Waals surface area contributed by atoms with E-state index in [9.17, 15) is 9.59 Å². The quantitative estimate of drug-likeness (QED) is 0.590. The van der Waals surface area contributed by atoms with E-state index in [-0.39, 0.29) is 11.6 Å². The second-order valence-electron chi connectivity index (χ2n) is 6.72. The van der Waals surface area contributed by atoms with E-state index in [4.69, 9.17) is 4.74 Å². The van der Waals surface area contributed by atoms with Crippen molar-refractivity contribution in [1.29, 1.82) is 0 Å². The molecule has 0 saturated carbocycles. The van der Waals surface area contributed by atoms with Crippen molar-refractivity contribution in [3.63, 3.8) is 0 Å². The Morgan fingerprint density at radius 1 is 1.10 bits per heavy atom. The molecule has 1 N–H and O–H groups in total. The van der Waals surface area contributed by atoms with E-state index < -0.39 is 5.97 Å². The number of esters is 1. The summed E-state index contributed by atoms with van der Waals surface area (Å²) in [5, 5.41) is 11.4. The molecule has 1 aromatic carbocycles. The van der Waals surface area contributed by atoms with Crippen LogP contribution in [0.1, 0.15) is 43.5 Å². The third-order valence-electron chi connectivity index (χ3n) is 4.79. The number of anilines is 1. The second kappa shape index (κ2) is 8.20. The molecule has 0 aliphatic heterocycles. The minimum absolute atomic E-state index is 0.0765. The first-order chi connectivity index (χ1) is 13.7. The van der Waals surface area contributed by atoms with Crippen LogP contribution in [0.25, 0.3) is 0 Å². The van der Waals surface area contributed by atoms with Crippen LogP contribution in [-0.4, -0.2) is 38.5 Å². The molecule has 8 nitrogen and oxygen atoms in total. The van der Waals surface area contributed by atoms with Gasteiger partial charge in [-0.3, -0.25) is 14.2 Å². The normalized spacial score (nSPS) is 10.8. The average Bonchev–Trinajstić information content (AvgIpc) is 3.12. The Balaban J connectivity index is 1.78. The molecule has 3 aromatic rings. The summed E-state index contributed by atoms with van der Waals surface area (Å²) in [5.41, 5.74) is 4.56. The van der Waals surface area contributed by atoms with Gasteiger partial charge < -0.3 is 10.1 Å². The number of hydrogen-bond donors (Lipinski definition) is 1. The van der Waals surface area contributed by atoms with Crippen molar-refractivity contribution in [2.24, 2.45) is 7.05 Å². The zero-order valence-corrected chi connectivity index (χ0v) is 18.5. The Kier molecular flexibility index (Phi) is 5.88. The summed E-state index contributed by atoms with van der Waals surface area (Å²) < 4.78 is 9.19. The molecule has 0 atom stereocenters. The van der Waals surface area contributed by atoms with Crippen molar-refractivity contribution in [2.75, 3.05) is 12.4 Å². The lowest BCUT2D eigenvalue weighted by Crippen LogP contribution is -2.15. The van der Waals surface area contributed by atoms with Gasteiger partial charge in [-0.15, -0.1) is 0 Å². The van der Waals surface area contributed by atoms with Crippen molar-refractivity contribution in [3.05, 3.63) is 62.6 Å². The summed E-state index contributed by atoms with van der Waals surface area (Å²) in [6, 6.07) is 7.26. The van der Waals surface area contributed by atoms with E-state index in [1.165, 1.54) is 11.8 Å². The molecule has 3 rings (SSSR count). The molecule has 0 aliphatic carbocycles. The van der Waals surface area contributed by atoms with Gasteiger partial charge in [-0.05, 0) is 54.4 Å². The Bertz CT molecular complexity index is 1080. The number of carbonyl (C=O) groups excluding carboxylic acids is 2. The monoisotopic (exact) mass is 459 g/mol. The number of aromatic nitrogens is 4. The topological polar surface area (TPSA) is 91.0 Å². The van der Waals surface area contributed by atoms with Gasteiger partial charge >= 0.3 is 5.97 Å². The molecule has 2 heterocycles. The van der Waals surface area contributed by atoms with Crippen LogP contribution in [0.4, 0.5) is 5.69 Å². The van der Waals surface area contributed by atoms with Crippen molar-refractivity contribution in [2.45, 2.75) is 27.3 Å².